The molecular formula is C13H19NO3. The van der Waals surface area contributed by atoms with E-state index in [9.17, 15) is 0 Å². The molecule has 0 aliphatic carbocycles. The number of hydrogen-bond acceptors (Lipinski definition) is 4. The van der Waals surface area contributed by atoms with Gasteiger partial charge in [-0.15, -0.1) is 0 Å². The number of aliphatic imine (C=N–C) groups is 1. The average molecular weight is 237 g/mol. The van der Waals surface area contributed by atoms with Crippen LogP contribution in [-0.2, 0) is 0 Å². The number of aliphatic hydroxyl groups excluding tert-OH is 1. The second-order valence-electron chi connectivity index (χ2n) is 3.58. The van der Waals surface area contributed by atoms with Crippen LogP contribution in [0.25, 0.3) is 0 Å². The van der Waals surface area contributed by atoms with Crippen LogP contribution in [0, 0.1) is 0 Å². The Labute approximate surface area is 102 Å². The average Bonchev–Trinajstić information content (AvgIpc) is 2.38. The lowest BCUT2D eigenvalue weighted by Crippen LogP contribution is -1.92. The lowest BCUT2D eigenvalue weighted by molar-refractivity contribution is 0.285. The van der Waals surface area contributed by atoms with Crippen molar-refractivity contribution in [3.05, 3.63) is 23.8 Å². The zero-order chi connectivity index (χ0) is 12.5. The summed E-state index contributed by atoms with van der Waals surface area (Å²) < 4.78 is 10.4. The summed E-state index contributed by atoms with van der Waals surface area (Å²) in [6.45, 7) is 0.959. The number of rotatable bonds is 7. The van der Waals surface area contributed by atoms with Gasteiger partial charge in [0.2, 0.25) is 0 Å². The van der Waals surface area contributed by atoms with E-state index >= 15 is 0 Å². The van der Waals surface area contributed by atoms with Crippen molar-refractivity contribution in [2.45, 2.75) is 12.8 Å². The summed E-state index contributed by atoms with van der Waals surface area (Å²) in [5.41, 5.74) is 0.978. The predicted molar refractivity (Wildman–Crippen MR) is 68.3 cm³/mol. The first kappa shape index (κ1) is 13.5. The lowest BCUT2D eigenvalue weighted by Gasteiger charge is -2.07. The molecule has 1 aromatic carbocycles. The van der Waals surface area contributed by atoms with Gasteiger partial charge >= 0.3 is 0 Å². The third-order valence-corrected chi connectivity index (χ3v) is 2.34. The lowest BCUT2D eigenvalue weighted by atomic mass is 10.2. The quantitative estimate of drug-likeness (QED) is 0.582. The van der Waals surface area contributed by atoms with Gasteiger partial charge in [0, 0.05) is 19.4 Å². The molecule has 4 heteroatoms. The largest absolute Gasteiger partial charge is 0.493 e. The highest BCUT2D eigenvalue weighted by Gasteiger charge is 2.02. The van der Waals surface area contributed by atoms with E-state index in [1.807, 2.05) is 18.2 Å². The molecule has 1 aromatic rings. The molecule has 0 saturated heterocycles. The first-order valence-electron chi connectivity index (χ1n) is 5.64. The summed E-state index contributed by atoms with van der Waals surface area (Å²) in [7, 11) is 3.22. The fourth-order valence-electron chi connectivity index (χ4n) is 1.42. The van der Waals surface area contributed by atoms with Crippen molar-refractivity contribution < 1.29 is 14.6 Å². The van der Waals surface area contributed by atoms with Crippen LogP contribution in [0.2, 0.25) is 0 Å². The van der Waals surface area contributed by atoms with Crippen molar-refractivity contribution in [2.75, 3.05) is 27.4 Å². The minimum absolute atomic E-state index is 0.228. The van der Waals surface area contributed by atoms with Crippen LogP contribution in [0.1, 0.15) is 18.4 Å². The minimum atomic E-state index is 0.228. The first-order chi connectivity index (χ1) is 8.31. The third kappa shape index (κ3) is 4.44. The topological polar surface area (TPSA) is 51.0 Å². The van der Waals surface area contributed by atoms with E-state index in [1.165, 1.54) is 0 Å². The first-order valence-corrected chi connectivity index (χ1v) is 5.64. The summed E-state index contributed by atoms with van der Waals surface area (Å²) in [4.78, 5) is 4.28. The highest BCUT2D eigenvalue weighted by atomic mass is 16.5. The van der Waals surface area contributed by atoms with Crippen LogP contribution in [-0.4, -0.2) is 38.7 Å². The molecule has 0 aliphatic rings. The fraction of sp³-hybridized carbons (Fsp3) is 0.462. The van der Waals surface area contributed by atoms with Crippen molar-refractivity contribution >= 4 is 6.21 Å². The molecule has 0 amide bonds. The smallest absolute Gasteiger partial charge is 0.161 e. The number of aliphatic hydroxyl groups is 1. The van der Waals surface area contributed by atoms with Crippen molar-refractivity contribution in [3.8, 4) is 11.5 Å². The Kier molecular flexibility index (Phi) is 6.10. The van der Waals surface area contributed by atoms with Gasteiger partial charge < -0.3 is 14.6 Å². The Balaban J connectivity index is 2.59. The van der Waals surface area contributed by atoms with Crippen molar-refractivity contribution in [1.29, 1.82) is 0 Å². The van der Waals surface area contributed by atoms with Gasteiger partial charge in [0.25, 0.3) is 0 Å². The fourth-order valence-corrected chi connectivity index (χ4v) is 1.42. The normalized spacial score (nSPS) is 10.8. The van der Waals surface area contributed by atoms with Crippen molar-refractivity contribution in [2.24, 2.45) is 4.99 Å². The summed E-state index contributed by atoms with van der Waals surface area (Å²) in [6.07, 6.45) is 3.50. The molecule has 1 N–H and O–H groups in total. The van der Waals surface area contributed by atoms with Gasteiger partial charge in [-0.05, 0) is 36.6 Å². The number of ether oxygens (including phenoxy) is 2. The van der Waals surface area contributed by atoms with Crippen LogP contribution in [0.5, 0.6) is 11.5 Å². The highest BCUT2D eigenvalue weighted by molar-refractivity contribution is 5.80. The minimum Gasteiger partial charge on any atom is -0.493 e. The predicted octanol–water partition coefficient (Wildman–Crippen LogP) is 1.90. The van der Waals surface area contributed by atoms with E-state index in [1.54, 1.807) is 20.4 Å². The van der Waals surface area contributed by atoms with Crippen molar-refractivity contribution in [3.63, 3.8) is 0 Å². The molecule has 4 nitrogen and oxygen atoms in total. The number of benzene rings is 1. The number of nitrogens with zero attached hydrogens (tertiary/aromatic N) is 1. The molecule has 0 spiro atoms. The van der Waals surface area contributed by atoms with E-state index in [0.717, 1.165) is 24.9 Å². The molecule has 0 saturated carbocycles. The Morgan fingerprint density at radius 2 is 1.94 bits per heavy atom. The number of methoxy groups -OCH3 is 2. The zero-order valence-corrected chi connectivity index (χ0v) is 10.3. The Hall–Kier alpha value is -1.55. The van der Waals surface area contributed by atoms with Gasteiger partial charge in [0.15, 0.2) is 11.5 Å². The monoisotopic (exact) mass is 237 g/mol. The van der Waals surface area contributed by atoms with Crippen LogP contribution in [0.3, 0.4) is 0 Å². The standard InChI is InChI=1S/C13H19NO3/c1-16-12-6-5-11(9-13(12)17-2)10-14-7-3-4-8-15/h5-6,9-10,15H,3-4,7-8H2,1-2H3. The maximum atomic E-state index is 8.63. The molecule has 0 fully saturated rings. The summed E-state index contributed by atoms with van der Waals surface area (Å²) in [5, 5.41) is 8.63. The van der Waals surface area contributed by atoms with E-state index in [-0.39, 0.29) is 6.61 Å². The molecule has 0 unspecified atom stereocenters. The molecule has 0 heterocycles. The van der Waals surface area contributed by atoms with Gasteiger partial charge in [-0.2, -0.15) is 0 Å². The Morgan fingerprint density at radius 3 is 2.59 bits per heavy atom. The number of hydrogen-bond donors (Lipinski definition) is 1. The summed E-state index contributed by atoms with van der Waals surface area (Å²) >= 11 is 0. The van der Waals surface area contributed by atoms with Gasteiger partial charge in [-0.3, -0.25) is 4.99 Å². The van der Waals surface area contributed by atoms with Gasteiger partial charge in [0.1, 0.15) is 0 Å². The molecule has 17 heavy (non-hydrogen) atoms. The van der Waals surface area contributed by atoms with E-state index in [4.69, 9.17) is 14.6 Å². The summed E-state index contributed by atoms with van der Waals surface area (Å²) in [5.74, 6) is 1.41. The maximum Gasteiger partial charge on any atom is 0.161 e. The molecule has 0 radical (unpaired) electrons. The number of unbranched alkanes of at least 4 members (excludes halogenated alkanes) is 1. The second kappa shape index (κ2) is 7.68. The van der Waals surface area contributed by atoms with Crippen LogP contribution in [0.15, 0.2) is 23.2 Å². The van der Waals surface area contributed by atoms with E-state index in [2.05, 4.69) is 4.99 Å². The third-order valence-electron chi connectivity index (χ3n) is 2.34. The van der Waals surface area contributed by atoms with E-state index in [0.29, 0.717) is 11.5 Å². The molecule has 94 valence electrons. The Morgan fingerprint density at radius 1 is 1.18 bits per heavy atom. The molecule has 0 atom stereocenters. The Bertz CT molecular complexity index is 364. The summed E-state index contributed by atoms with van der Waals surface area (Å²) in [6, 6.07) is 5.67. The SMILES string of the molecule is COc1ccc(C=NCCCCO)cc1OC. The van der Waals surface area contributed by atoms with Gasteiger partial charge in [-0.25, -0.2) is 0 Å². The molecule has 0 bridgehead atoms. The van der Waals surface area contributed by atoms with Crippen molar-refractivity contribution in [1.82, 2.24) is 0 Å². The van der Waals surface area contributed by atoms with Gasteiger partial charge in [0.05, 0.1) is 14.2 Å². The molecule has 0 aromatic heterocycles. The van der Waals surface area contributed by atoms with Crippen LogP contribution < -0.4 is 9.47 Å². The molecular weight excluding hydrogens is 218 g/mol. The van der Waals surface area contributed by atoms with Crippen LogP contribution in [0.4, 0.5) is 0 Å². The highest BCUT2D eigenvalue weighted by Crippen LogP contribution is 2.26. The van der Waals surface area contributed by atoms with Gasteiger partial charge in [-0.1, -0.05) is 0 Å². The van der Waals surface area contributed by atoms with E-state index < -0.39 is 0 Å². The molecule has 0 aliphatic heterocycles. The zero-order valence-electron chi connectivity index (χ0n) is 10.3. The second-order valence-corrected chi connectivity index (χ2v) is 3.58. The maximum absolute atomic E-state index is 8.63. The van der Waals surface area contributed by atoms with Crippen LogP contribution >= 0.6 is 0 Å². The molecule has 1 rings (SSSR count).